The first kappa shape index (κ1) is 54.8. The molecular weight excluding hydrogens is 727 g/mol. The average Bonchev–Trinajstić information content (AvgIpc) is 3.18. The summed E-state index contributed by atoms with van der Waals surface area (Å²) < 4.78 is 17.2. The van der Waals surface area contributed by atoms with E-state index in [0.29, 0.717) is 19.3 Å². The number of carboxylic acids is 1. The zero-order chi connectivity index (χ0) is 42.8. The Morgan fingerprint density at radius 1 is 0.534 bits per heavy atom. The van der Waals surface area contributed by atoms with Crippen LogP contribution < -0.4 is 0 Å². The van der Waals surface area contributed by atoms with Gasteiger partial charge < -0.3 is 23.8 Å². The monoisotopic (exact) mass is 813 g/mol. The van der Waals surface area contributed by atoms with Crippen molar-refractivity contribution >= 4 is 17.9 Å². The molecule has 0 rings (SSSR count). The van der Waals surface area contributed by atoms with Gasteiger partial charge in [-0.05, 0) is 83.5 Å². The number of nitrogens with zero attached hydrogens (tertiary/aromatic N) is 1. The molecule has 0 aromatic carbocycles. The molecule has 0 aliphatic carbocycles. The highest BCUT2D eigenvalue weighted by atomic mass is 16.6. The van der Waals surface area contributed by atoms with E-state index in [1.807, 2.05) is 21.1 Å². The fourth-order valence-corrected chi connectivity index (χ4v) is 6.29. The van der Waals surface area contributed by atoms with Crippen molar-refractivity contribution in [3.63, 3.8) is 0 Å². The van der Waals surface area contributed by atoms with E-state index in [0.717, 1.165) is 96.3 Å². The zero-order valence-electron chi connectivity index (χ0n) is 37.7. The van der Waals surface area contributed by atoms with E-state index in [4.69, 9.17) is 14.2 Å². The van der Waals surface area contributed by atoms with Crippen molar-refractivity contribution in [1.82, 2.24) is 0 Å². The summed E-state index contributed by atoms with van der Waals surface area (Å²) in [4.78, 5) is 37.0. The van der Waals surface area contributed by atoms with Gasteiger partial charge in [-0.25, -0.2) is 4.79 Å². The van der Waals surface area contributed by atoms with E-state index < -0.39 is 18.1 Å². The van der Waals surface area contributed by atoms with Crippen LogP contribution in [-0.2, 0) is 28.6 Å². The van der Waals surface area contributed by atoms with Gasteiger partial charge in [0.15, 0.2) is 12.1 Å². The second kappa shape index (κ2) is 40.5. The van der Waals surface area contributed by atoms with Crippen LogP contribution in [-0.4, -0.2) is 80.6 Å². The Hall–Kier alpha value is -3.23. The third kappa shape index (κ3) is 38.3. The Bertz CT molecular complexity index is 1180. The minimum atomic E-state index is -0.884. The number of carbonyl (C=O) groups is 3. The summed E-state index contributed by atoms with van der Waals surface area (Å²) in [5, 5.41) is 9.63. The molecular formula is C50H86NO7+. The molecule has 1 N–H and O–H groups in total. The van der Waals surface area contributed by atoms with Crippen molar-refractivity contribution in [3.8, 4) is 0 Å². The summed E-state index contributed by atoms with van der Waals surface area (Å²) in [5.41, 5.74) is 0. The molecule has 0 radical (unpaired) electrons. The highest BCUT2D eigenvalue weighted by molar-refractivity contribution is 5.72. The minimum Gasteiger partial charge on any atom is -0.477 e. The fraction of sp³-hybridized carbons (Fsp3) is 0.700. The van der Waals surface area contributed by atoms with Crippen molar-refractivity contribution in [2.75, 3.05) is 41.0 Å². The van der Waals surface area contributed by atoms with E-state index in [1.54, 1.807) is 0 Å². The van der Waals surface area contributed by atoms with E-state index in [2.05, 4.69) is 86.8 Å². The first-order valence-electron chi connectivity index (χ1n) is 23.0. The van der Waals surface area contributed by atoms with E-state index in [1.165, 1.54) is 44.9 Å². The van der Waals surface area contributed by atoms with Crippen LogP contribution >= 0.6 is 0 Å². The molecule has 8 nitrogen and oxygen atoms in total. The summed E-state index contributed by atoms with van der Waals surface area (Å²) in [7, 11) is 5.51. The molecule has 0 saturated heterocycles. The number of esters is 2. The van der Waals surface area contributed by atoms with Gasteiger partial charge in [0.05, 0.1) is 34.4 Å². The zero-order valence-corrected chi connectivity index (χ0v) is 37.7. The molecule has 0 amide bonds. The highest BCUT2D eigenvalue weighted by Gasteiger charge is 2.31. The molecule has 0 aliphatic rings. The van der Waals surface area contributed by atoms with Gasteiger partial charge in [-0.15, -0.1) is 0 Å². The van der Waals surface area contributed by atoms with Crippen LogP contribution in [0.3, 0.4) is 0 Å². The Kier molecular flexibility index (Phi) is 38.3. The number of allylic oxidation sites excluding steroid dienone is 12. The van der Waals surface area contributed by atoms with Gasteiger partial charge in [-0.3, -0.25) is 9.59 Å². The van der Waals surface area contributed by atoms with Crippen LogP contribution in [0.2, 0.25) is 0 Å². The molecule has 0 bridgehead atoms. The van der Waals surface area contributed by atoms with Crippen LogP contribution in [0.25, 0.3) is 0 Å². The van der Waals surface area contributed by atoms with Gasteiger partial charge >= 0.3 is 17.9 Å². The average molecular weight is 813 g/mol. The third-order valence-corrected chi connectivity index (χ3v) is 9.84. The lowest BCUT2D eigenvalue weighted by Gasteiger charge is -2.31. The number of unbranched alkanes of at least 4 members (excludes halogenated alkanes) is 14. The van der Waals surface area contributed by atoms with Gasteiger partial charge in [0.1, 0.15) is 6.61 Å². The van der Waals surface area contributed by atoms with Gasteiger partial charge in [-0.2, -0.15) is 0 Å². The minimum absolute atomic E-state index is 0.0426. The smallest absolute Gasteiger partial charge is 0.362 e. The second-order valence-electron chi connectivity index (χ2n) is 16.3. The standard InChI is InChI=1S/C50H85NO7/c1-6-8-10-12-14-16-18-20-22-23-24-25-26-27-29-31-33-35-37-39-41-49(53)58-46(44-56-43-42-47(50(54)55)51(3,4)5)45-57-48(52)40-38-36-34-32-30-28-21-19-17-15-13-11-9-7-2/h8,10,14,16,20,22,24-25,27-30,46-47H,6-7,9,11-13,15,17-19,21,23,26,31-45H2,1-5H3/p+1/b10-8+,16-14+,22-20+,25-24+,29-27+,30-28+. The van der Waals surface area contributed by atoms with Crippen molar-refractivity contribution in [2.24, 2.45) is 0 Å². The van der Waals surface area contributed by atoms with Gasteiger partial charge in [0.2, 0.25) is 0 Å². The Labute approximate surface area is 355 Å². The largest absolute Gasteiger partial charge is 0.477 e. The first-order chi connectivity index (χ1) is 28.1. The molecule has 2 unspecified atom stereocenters. The summed E-state index contributed by atoms with van der Waals surface area (Å²) in [6, 6.07) is -0.625. The molecule has 0 saturated carbocycles. The molecule has 0 fully saturated rings. The third-order valence-electron chi connectivity index (χ3n) is 9.84. The van der Waals surface area contributed by atoms with Crippen molar-refractivity contribution in [2.45, 2.75) is 187 Å². The number of hydrogen-bond acceptors (Lipinski definition) is 6. The number of ether oxygens (including phenoxy) is 3. The Morgan fingerprint density at radius 3 is 1.47 bits per heavy atom. The molecule has 0 aromatic rings. The number of hydrogen-bond donors (Lipinski definition) is 1. The van der Waals surface area contributed by atoms with E-state index >= 15 is 0 Å². The maximum Gasteiger partial charge on any atom is 0.362 e. The molecule has 0 spiro atoms. The normalized spacial score (nSPS) is 13.6. The Balaban J connectivity index is 4.41. The molecule has 0 aliphatic heterocycles. The second-order valence-corrected chi connectivity index (χ2v) is 16.3. The molecule has 8 heteroatoms. The predicted molar refractivity (Wildman–Crippen MR) is 243 cm³/mol. The van der Waals surface area contributed by atoms with Crippen molar-refractivity contribution < 1.29 is 38.2 Å². The fourth-order valence-electron chi connectivity index (χ4n) is 6.29. The number of rotatable bonds is 40. The predicted octanol–water partition coefficient (Wildman–Crippen LogP) is 12.7. The lowest BCUT2D eigenvalue weighted by atomic mass is 10.1. The van der Waals surface area contributed by atoms with Gasteiger partial charge in [-0.1, -0.05) is 145 Å². The van der Waals surface area contributed by atoms with Crippen LogP contribution in [0.15, 0.2) is 72.9 Å². The van der Waals surface area contributed by atoms with Crippen LogP contribution in [0, 0.1) is 0 Å². The number of likely N-dealkylation sites (N-methyl/N-ethyl adjacent to an activating group) is 1. The van der Waals surface area contributed by atoms with Crippen molar-refractivity contribution in [3.05, 3.63) is 72.9 Å². The maximum absolute atomic E-state index is 12.7. The van der Waals surface area contributed by atoms with E-state index in [9.17, 15) is 19.5 Å². The topological polar surface area (TPSA) is 99.1 Å². The first-order valence-corrected chi connectivity index (χ1v) is 23.0. The number of quaternary nitrogens is 1. The molecule has 0 aromatic heterocycles. The molecule has 2 atom stereocenters. The number of carbonyl (C=O) groups excluding carboxylic acids is 2. The lowest BCUT2D eigenvalue weighted by Crippen LogP contribution is -2.50. The SMILES string of the molecule is CC/C=C/C/C=C/C/C=C/C/C=C/C/C=C/CCCCCCC(=O)OC(COCCC(C(=O)O)[N+](C)(C)C)COC(=O)CCCCC/C=C/CCCCCCCCC. The Morgan fingerprint density at radius 2 is 0.966 bits per heavy atom. The summed E-state index contributed by atoms with van der Waals surface area (Å²) in [5.74, 6) is -1.53. The van der Waals surface area contributed by atoms with Gasteiger partial charge in [0, 0.05) is 19.3 Å². The number of aliphatic carboxylic acids is 1. The van der Waals surface area contributed by atoms with Crippen LogP contribution in [0.5, 0.6) is 0 Å². The van der Waals surface area contributed by atoms with Crippen molar-refractivity contribution in [1.29, 1.82) is 0 Å². The van der Waals surface area contributed by atoms with Crippen LogP contribution in [0.4, 0.5) is 0 Å². The molecule has 0 heterocycles. The molecule has 58 heavy (non-hydrogen) atoms. The van der Waals surface area contributed by atoms with E-state index in [-0.39, 0.29) is 36.2 Å². The quantitative estimate of drug-likeness (QED) is 0.0285. The maximum atomic E-state index is 12.7. The molecule has 332 valence electrons. The summed E-state index contributed by atoms with van der Waals surface area (Å²) in [6.07, 6.45) is 50.9. The van der Waals surface area contributed by atoms with Crippen LogP contribution in [0.1, 0.15) is 174 Å². The highest BCUT2D eigenvalue weighted by Crippen LogP contribution is 2.13. The summed E-state index contributed by atoms with van der Waals surface area (Å²) in [6.45, 7) is 4.56. The van der Waals surface area contributed by atoms with Gasteiger partial charge in [0.25, 0.3) is 0 Å². The summed E-state index contributed by atoms with van der Waals surface area (Å²) >= 11 is 0. The lowest BCUT2D eigenvalue weighted by molar-refractivity contribution is -0.887. The number of carboxylic acid groups (broad SMARTS) is 1.